The third kappa shape index (κ3) is 1.61. The average molecular weight is 151 g/mol. The number of nitrogens with two attached hydrogens (primary N) is 1. The van der Waals surface area contributed by atoms with E-state index in [-0.39, 0.29) is 0 Å². The molecule has 1 aliphatic rings. The molecule has 0 spiro atoms. The Morgan fingerprint density at radius 3 is 2.91 bits per heavy atom. The first kappa shape index (κ1) is 7.85. The van der Waals surface area contributed by atoms with E-state index in [1.54, 1.807) is 7.05 Å². The van der Waals surface area contributed by atoms with Crippen LogP contribution in [0, 0.1) is 0 Å². The zero-order valence-corrected chi connectivity index (χ0v) is 6.89. The van der Waals surface area contributed by atoms with E-state index in [1.165, 1.54) is 0 Å². The fourth-order valence-electron chi connectivity index (χ4n) is 1.02. The first-order valence-corrected chi connectivity index (χ1v) is 3.59. The van der Waals surface area contributed by atoms with Crippen LogP contribution >= 0.6 is 0 Å². The van der Waals surface area contributed by atoms with Gasteiger partial charge in [-0.05, 0) is 6.92 Å². The van der Waals surface area contributed by atoms with Crippen molar-refractivity contribution in [3.05, 3.63) is 23.4 Å². The van der Waals surface area contributed by atoms with Gasteiger partial charge in [0.15, 0.2) is 0 Å². The molecule has 1 aliphatic heterocycles. The zero-order valence-electron chi connectivity index (χ0n) is 6.89. The summed E-state index contributed by atoms with van der Waals surface area (Å²) in [6, 6.07) is 0. The Bertz CT molecular complexity index is 232. The standard InChI is InChI=1S/C8H13N3/c1-6(9)7-4-3-5-11-8(7)10-2/h3-4H,5,9H2,1-2H3,(H,10,11). The maximum atomic E-state index is 5.64. The second-order valence-electron chi connectivity index (χ2n) is 2.45. The summed E-state index contributed by atoms with van der Waals surface area (Å²) in [6.45, 7) is 2.71. The monoisotopic (exact) mass is 151 g/mol. The largest absolute Gasteiger partial charge is 0.402 e. The lowest BCUT2D eigenvalue weighted by Crippen LogP contribution is -2.29. The number of aliphatic imine (C=N–C) groups is 1. The van der Waals surface area contributed by atoms with Gasteiger partial charge >= 0.3 is 0 Å². The molecule has 0 saturated heterocycles. The summed E-state index contributed by atoms with van der Waals surface area (Å²) in [7, 11) is 1.75. The van der Waals surface area contributed by atoms with Crippen LogP contribution in [-0.4, -0.2) is 19.4 Å². The van der Waals surface area contributed by atoms with Gasteiger partial charge in [0, 0.05) is 24.9 Å². The molecule has 0 saturated carbocycles. The second-order valence-corrected chi connectivity index (χ2v) is 2.45. The van der Waals surface area contributed by atoms with Gasteiger partial charge in [-0.1, -0.05) is 12.2 Å². The van der Waals surface area contributed by atoms with Gasteiger partial charge in [-0.2, -0.15) is 0 Å². The van der Waals surface area contributed by atoms with Crippen molar-refractivity contribution in [2.24, 2.45) is 10.7 Å². The van der Waals surface area contributed by atoms with E-state index in [4.69, 9.17) is 5.73 Å². The van der Waals surface area contributed by atoms with E-state index in [0.29, 0.717) is 0 Å². The summed E-state index contributed by atoms with van der Waals surface area (Å²) >= 11 is 0. The summed E-state index contributed by atoms with van der Waals surface area (Å²) in [5, 5.41) is 3.13. The van der Waals surface area contributed by atoms with Gasteiger partial charge < -0.3 is 11.1 Å². The lowest BCUT2D eigenvalue weighted by molar-refractivity contribution is 1.01. The Morgan fingerprint density at radius 2 is 2.45 bits per heavy atom. The highest BCUT2D eigenvalue weighted by atomic mass is 15.0. The maximum Gasteiger partial charge on any atom is 0.129 e. The van der Waals surface area contributed by atoms with Crippen molar-refractivity contribution < 1.29 is 0 Å². The van der Waals surface area contributed by atoms with Crippen molar-refractivity contribution in [3.63, 3.8) is 0 Å². The molecule has 3 heteroatoms. The SMILES string of the molecule is CN=C1NCC=CC1=C(C)N. The van der Waals surface area contributed by atoms with E-state index in [2.05, 4.69) is 10.3 Å². The predicted octanol–water partition coefficient (Wildman–Crippen LogP) is 0.407. The first-order chi connectivity index (χ1) is 5.25. The highest BCUT2D eigenvalue weighted by molar-refractivity contribution is 6.02. The molecule has 0 bridgehead atoms. The number of nitrogens with zero attached hydrogens (tertiary/aromatic N) is 1. The average Bonchev–Trinajstić information content (AvgIpc) is 2.04. The van der Waals surface area contributed by atoms with Crippen LogP contribution in [0.15, 0.2) is 28.4 Å². The summed E-state index contributed by atoms with van der Waals surface area (Å²) in [6.07, 6.45) is 4.02. The van der Waals surface area contributed by atoms with Gasteiger partial charge in [0.1, 0.15) is 5.84 Å². The molecule has 0 aromatic heterocycles. The van der Waals surface area contributed by atoms with Gasteiger partial charge in [0.25, 0.3) is 0 Å². The van der Waals surface area contributed by atoms with Crippen molar-refractivity contribution >= 4 is 5.84 Å². The first-order valence-electron chi connectivity index (χ1n) is 3.59. The van der Waals surface area contributed by atoms with E-state index in [0.717, 1.165) is 23.7 Å². The predicted molar refractivity (Wildman–Crippen MR) is 47.4 cm³/mol. The van der Waals surface area contributed by atoms with Crippen LogP contribution in [0.25, 0.3) is 0 Å². The molecule has 0 amide bonds. The molecule has 0 fully saturated rings. The van der Waals surface area contributed by atoms with Gasteiger partial charge in [-0.3, -0.25) is 4.99 Å². The van der Waals surface area contributed by atoms with Gasteiger partial charge in [0.05, 0.1) is 0 Å². The van der Waals surface area contributed by atoms with Crippen molar-refractivity contribution in [2.75, 3.05) is 13.6 Å². The Labute approximate surface area is 66.7 Å². The van der Waals surface area contributed by atoms with Crippen LogP contribution in [0.1, 0.15) is 6.92 Å². The molecule has 0 aromatic carbocycles. The number of nitrogens with one attached hydrogen (secondary N) is 1. The van der Waals surface area contributed by atoms with Crippen LogP contribution in [0.3, 0.4) is 0 Å². The van der Waals surface area contributed by atoms with Crippen LogP contribution in [0.5, 0.6) is 0 Å². The minimum Gasteiger partial charge on any atom is -0.402 e. The quantitative estimate of drug-likeness (QED) is 0.526. The Kier molecular flexibility index (Phi) is 2.31. The minimum atomic E-state index is 0.800. The minimum absolute atomic E-state index is 0.800. The molecular formula is C8H13N3. The molecule has 1 rings (SSSR count). The maximum absolute atomic E-state index is 5.64. The number of hydrogen-bond donors (Lipinski definition) is 2. The van der Waals surface area contributed by atoms with E-state index in [1.807, 2.05) is 19.1 Å². The van der Waals surface area contributed by atoms with Crippen LogP contribution in [0.2, 0.25) is 0 Å². The highest BCUT2D eigenvalue weighted by Crippen LogP contribution is 2.05. The number of allylic oxidation sites excluding steroid dienone is 1. The molecule has 0 aromatic rings. The Hall–Kier alpha value is -1.25. The molecule has 3 nitrogen and oxygen atoms in total. The molecule has 0 aliphatic carbocycles. The lowest BCUT2D eigenvalue weighted by Gasteiger charge is -2.14. The van der Waals surface area contributed by atoms with E-state index >= 15 is 0 Å². The van der Waals surface area contributed by atoms with Crippen LogP contribution < -0.4 is 11.1 Å². The molecule has 3 N–H and O–H groups in total. The van der Waals surface area contributed by atoms with Gasteiger partial charge in [0.2, 0.25) is 0 Å². The van der Waals surface area contributed by atoms with Gasteiger partial charge in [-0.15, -0.1) is 0 Å². The Balaban J connectivity index is 3.01. The second kappa shape index (κ2) is 3.23. The molecule has 60 valence electrons. The Morgan fingerprint density at radius 1 is 1.73 bits per heavy atom. The van der Waals surface area contributed by atoms with Crippen LogP contribution in [0.4, 0.5) is 0 Å². The normalized spacial score (nSPS) is 25.1. The summed E-state index contributed by atoms with van der Waals surface area (Å²) in [5.74, 6) is 0.882. The zero-order chi connectivity index (χ0) is 8.27. The number of hydrogen-bond acceptors (Lipinski definition) is 2. The molecule has 0 atom stereocenters. The smallest absolute Gasteiger partial charge is 0.129 e. The topological polar surface area (TPSA) is 50.4 Å². The lowest BCUT2D eigenvalue weighted by atomic mass is 10.1. The van der Waals surface area contributed by atoms with Crippen molar-refractivity contribution in [2.45, 2.75) is 6.92 Å². The van der Waals surface area contributed by atoms with Crippen molar-refractivity contribution in [1.82, 2.24) is 5.32 Å². The fraction of sp³-hybridized carbons (Fsp3) is 0.375. The fourth-order valence-corrected chi connectivity index (χ4v) is 1.02. The summed E-state index contributed by atoms with van der Waals surface area (Å²) in [4.78, 5) is 4.07. The van der Waals surface area contributed by atoms with E-state index in [9.17, 15) is 0 Å². The molecule has 11 heavy (non-hydrogen) atoms. The number of amidine groups is 1. The summed E-state index contributed by atoms with van der Waals surface area (Å²) in [5.41, 5.74) is 7.44. The van der Waals surface area contributed by atoms with Crippen molar-refractivity contribution in [3.8, 4) is 0 Å². The molecular weight excluding hydrogens is 138 g/mol. The molecule has 0 unspecified atom stereocenters. The van der Waals surface area contributed by atoms with Crippen molar-refractivity contribution in [1.29, 1.82) is 0 Å². The molecule has 0 radical (unpaired) electrons. The van der Waals surface area contributed by atoms with Crippen LogP contribution in [-0.2, 0) is 0 Å². The third-order valence-corrected chi connectivity index (χ3v) is 1.58. The van der Waals surface area contributed by atoms with Gasteiger partial charge in [-0.25, -0.2) is 0 Å². The number of rotatable bonds is 0. The highest BCUT2D eigenvalue weighted by Gasteiger charge is 2.07. The van der Waals surface area contributed by atoms with E-state index < -0.39 is 0 Å². The third-order valence-electron chi connectivity index (χ3n) is 1.58. The summed E-state index contributed by atoms with van der Waals surface area (Å²) < 4.78 is 0. The molecule has 1 heterocycles.